The van der Waals surface area contributed by atoms with Crippen LogP contribution in [-0.4, -0.2) is 19.4 Å². The van der Waals surface area contributed by atoms with Crippen LogP contribution < -0.4 is 0 Å². The van der Waals surface area contributed by atoms with Crippen molar-refractivity contribution in [1.29, 1.82) is 0 Å². The minimum atomic E-state index is 0.895. The second-order valence-corrected chi connectivity index (χ2v) is 5.96. The van der Waals surface area contributed by atoms with E-state index in [1.165, 1.54) is 37.2 Å². The monoisotopic (exact) mass is 198 g/mol. The third-order valence-corrected chi connectivity index (χ3v) is 4.52. The molecule has 0 aromatic heterocycles. The molecule has 76 valence electrons. The molecule has 1 heterocycles. The zero-order valence-electron chi connectivity index (χ0n) is 9.38. The first kappa shape index (κ1) is 11.5. The van der Waals surface area contributed by atoms with Crippen molar-refractivity contribution < 1.29 is 0 Å². The van der Waals surface area contributed by atoms with Gasteiger partial charge in [0.15, 0.2) is 0 Å². The van der Waals surface area contributed by atoms with E-state index in [0.29, 0.717) is 0 Å². The van der Waals surface area contributed by atoms with Crippen molar-refractivity contribution >= 4 is 19.6 Å². The van der Waals surface area contributed by atoms with Crippen LogP contribution in [0.5, 0.6) is 0 Å². The molecule has 1 rings (SSSR count). The third-order valence-electron chi connectivity index (χ3n) is 3.10. The summed E-state index contributed by atoms with van der Waals surface area (Å²) in [5.41, 5.74) is 0. The fraction of sp³-hybridized carbons (Fsp3) is 1.00. The minimum Gasteiger partial charge on any atom is -0.161 e. The maximum absolute atomic E-state index is 2.34. The molecule has 1 aliphatic heterocycles. The molecule has 0 aliphatic carbocycles. The molecule has 0 radical (unpaired) electrons. The molecule has 13 heavy (non-hydrogen) atoms. The number of hydrogen-bond donors (Lipinski definition) is 0. The average Bonchev–Trinajstić information content (AvgIpc) is 2.15. The quantitative estimate of drug-likeness (QED) is 0.626. The molecule has 0 nitrogen and oxygen atoms in total. The highest BCUT2D eigenvalue weighted by molar-refractivity contribution is 7.99. The van der Waals surface area contributed by atoms with E-state index in [2.05, 4.69) is 33.5 Å². The van der Waals surface area contributed by atoms with Crippen LogP contribution in [0.1, 0.15) is 39.5 Å². The zero-order valence-corrected chi connectivity index (χ0v) is 10.2. The van der Waals surface area contributed by atoms with Crippen LogP contribution in [0.3, 0.4) is 0 Å². The summed E-state index contributed by atoms with van der Waals surface area (Å²) in [6, 6.07) is 0. The number of thioether (sulfide) groups is 1. The van der Waals surface area contributed by atoms with Gasteiger partial charge in [0.25, 0.3) is 0 Å². The molecule has 1 fully saturated rings. The molecule has 0 bridgehead atoms. The second-order valence-electron chi connectivity index (χ2n) is 4.88. The molecule has 2 unspecified atom stereocenters. The Kier molecular flexibility index (Phi) is 5.31. The molecule has 0 N–H and O–H groups in total. The van der Waals surface area contributed by atoms with Crippen LogP contribution in [0.4, 0.5) is 0 Å². The fourth-order valence-electron chi connectivity index (χ4n) is 2.06. The molecule has 0 aromatic rings. The largest absolute Gasteiger partial charge is 0.161 e. The van der Waals surface area contributed by atoms with Gasteiger partial charge in [-0.3, -0.25) is 0 Å². The van der Waals surface area contributed by atoms with Crippen molar-refractivity contribution in [1.82, 2.24) is 0 Å². The van der Waals surface area contributed by atoms with Gasteiger partial charge in [0.1, 0.15) is 7.85 Å². The van der Waals surface area contributed by atoms with E-state index in [9.17, 15) is 0 Å². The predicted octanol–water partition coefficient (Wildman–Crippen LogP) is 2.99. The first-order valence-corrected chi connectivity index (χ1v) is 6.95. The van der Waals surface area contributed by atoms with E-state index in [4.69, 9.17) is 0 Å². The van der Waals surface area contributed by atoms with Crippen molar-refractivity contribution in [3.8, 4) is 0 Å². The summed E-state index contributed by atoms with van der Waals surface area (Å²) in [6.45, 7) is 4.68. The van der Waals surface area contributed by atoms with E-state index in [1.54, 1.807) is 0 Å². The van der Waals surface area contributed by atoms with Crippen LogP contribution in [0.25, 0.3) is 0 Å². The van der Waals surface area contributed by atoms with Crippen molar-refractivity contribution in [3.63, 3.8) is 0 Å². The van der Waals surface area contributed by atoms with Gasteiger partial charge in [0.05, 0.1) is 0 Å². The van der Waals surface area contributed by atoms with Gasteiger partial charge < -0.3 is 0 Å². The molecular weight excluding hydrogens is 175 g/mol. The maximum Gasteiger partial charge on any atom is 0.105 e. The summed E-state index contributed by atoms with van der Waals surface area (Å²) in [7, 11) is 2.34. The van der Waals surface area contributed by atoms with Gasteiger partial charge in [-0.2, -0.15) is 11.8 Å². The summed E-state index contributed by atoms with van der Waals surface area (Å²) in [4.78, 5) is 0. The lowest BCUT2D eigenvalue weighted by molar-refractivity contribution is 0.376. The van der Waals surface area contributed by atoms with E-state index in [-0.39, 0.29) is 0 Å². The Labute approximate surface area is 88.7 Å². The van der Waals surface area contributed by atoms with E-state index < -0.39 is 0 Å². The molecule has 1 saturated heterocycles. The molecule has 3 atom stereocenters. The van der Waals surface area contributed by atoms with Gasteiger partial charge in [0.2, 0.25) is 0 Å². The Morgan fingerprint density at radius 1 is 1.38 bits per heavy atom. The fourth-order valence-corrected chi connectivity index (χ4v) is 3.54. The van der Waals surface area contributed by atoms with Crippen LogP contribution in [0.2, 0.25) is 5.82 Å². The lowest BCUT2D eigenvalue weighted by atomic mass is 9.81. The summed E-state index contributed by atoms with van der Waals surface area (Å²) < 4.78 is 0. The minimum absolute atomic E-state index is 0.895. The molecule has 0 saturated carbocycles. The summed E-state index contributed by atoms with van der Waals surface area (Å²) in [5, 5.41) is 0. The summed E-state index contributed by atoms with van der Waals surface area (Å²) in [5.74, 6) is 5.81. The lowest BCUT2D eigenvalue weighted by Crippen LogP contribution is -2.19. The molecule has 0 spiro atoms. The van der Waals surface area contributed by atoms with Crippen molar-refractivity contribution in [2.24, 2.45) is 11.8 Å². The van der Waals surface area contributed by atoms with E-state index in [0.717, 1.165) is 17.7 Å². The Hall–Kier alpha value is 0.415. The van der Waals surface area contributed by atoms with Crippen molar-refractivity contribution in [2.75, 3.05) is 11.5 Å². The van der Waals surface area contributed by atoms with Crippen LogP contribution >= 0.6 is 11.8 Å². The molecule has 0 aromatic carbocycles. The van der Waals surface area contributed by atoms with E-state index >= 15 is 0 Å². The topological polar surface area (TPSA) is 0 Å². The average molecular weight is 198 g/mol. The van der Waals surface area contributed by atoms with Crippen molar-refractivity contribution in [3.05, 3.63) is 0 Å². The lowest BCUT2D eigenvalue weighted by Gasteiger charge is -2.28. The smallest absolute Gasteiger partial charge is 0.105 e. The second kappa shape index (κ2) is 6.00. The van der Waals surface area contributed by atoms with Gasteiger partial charge in [-0.05, 0) is 29.8 Å². The summed E-state index contributed by atoms with van der Waals surface area (Å²) >= 11 is 2.19. The Balaban J connectivity index is 2.18. The first-order valence-electron chi connectivity index (χ1n) is 5.80. The zero-order chi connectivity index (χ0) is 9.68. The molecule has 1 aliphatic rings. The third kappa shape index (κ3) is 4.44. The summed E-state index contributed by atoms with van der Waals surface area (Å²) in [6.07, 6.45) is 5.81. The molecular formula is C11H23BS. The van der Waals surface area contributed by atoms with Gasteiger partial charge in [0, 0.05) is 0 Å². The van der Waals surface area contributed by atoms with Gasteiger partial charge >= 0.3 is 0 Å². The highest BCUT2D eigenvalue weighted by atomic mass is 32.2. The van der Waals surface area contributed by atoms with Crippen LogP contribution in [0, 0.1) is 11.8 Å². The van der Waals surface area contributed by atoms with Gasteiger partial charge in [-0.15, -0.1) is 0 Å². The van der Waals surface area contributed by atoms with Gasteiger partial charge in [-0.25, -0.2) is 0 Å². The standard InChI is InChI=1S/C11H23BS/c1-3-10-6-11(8-13-7-10)5-4-9(2)12/h9-11H,3-8,12H2,1-2H3/t9-,10?,11?/m0/s1. The molecule has 2 heteroatoms. The highest BCUT2D eigenvalue weighted by Gasteiger charge is 2.20. The maximum atomic E-state index is 2.34. The Bertz CT molecular complexity index is 136. The Morgan fingerprint density at radius 3 is 2.69 bits per heavy atom. The van der Waals surface area contributed by atoms with Crippen molar-refractivity contribution in [2.45, 2.75) is 45.3 Å². The van der Waals surface area contributed by atoms with E-state index in [1.807, 2.05) is 0 Å². The predicted molar refractivity (Wildman–Crippen MR) is 66.4 cm³/mol. The Morgan fingerprint density at radius 2 is 2.08 bits per heavy atom. The van der Waals surface area contributed by atoms with Gasteiger partial charge in [-0.1, -0.05) is 38.9 Å². The normalized spacial score (nSPS) is 31.5. The number of hydrogen-bond acceptors (Lipinski definition) is 1. The SMILES string of the molecule is B[C@@H](C)CCC1CSCC(CC)C1. The highest BCUT2D eigenvalue weighted by Crippen LogP contribution is 2.32. The first-order chi connectivity index (χ1) is 6.22. The van der Waals surface area contributed by atoms with Crippen LogP contribution in [-0.2, 0) is 0 Å². The molecule has 0 amide bonds. The van der Waals surface area contributed by atoms with Crippen LogP contribution in [0.15, 0.2) is 0 Å². The number of rotatable bonds is 4.